The van der Waals surface area contributed by atoms with E-state index in [1.165, 1.54) is 16.9 Å². The Kier molecular flexibility index (Phi) is 3.34. The average Bonchev–Trinajstić information content (AvgIpc) is 2.70. The van der Waals surface area contributed by atoms with Crippen LogP contribution < -0.4 is 4.90 Å². The third kappa shape index (κ3) is 2.35. The Morgan fingerprint density at radius 2 is 1.86 bits per heavy atom. The zero-order valence-electron chi connectivity index (χ0n) is 12.6. The highest BCUT2D eigenvalue weighted by atomic mass is 15.2. The van der Waals surface area contributed by atoms with Crippen molar-refractivity contribution in [1.82, 2.24) is 4.98 Å². The van der Waals surface area contributed by atoms with E-state index in [1.807, 2.05) is 24.4 Å². The number of likely N-dealkylation sites (N-methyl/N-ethyl adjacent to an activating group) is 1. The molecule has 106 valence electrons. The lowest BCUT2D eigenvalue weighted by molar-refractivity contribution is 0.641. The van der Waals surface area contributed by atoms with E-state index >= 15 is 0 Å². The molecule has 0 aliphatic carbocycles. The summed E-state index contributed by atoms with van der Waals surface area (Å²) in [4.78, 5) is 10.8. The second kappa shape index (κ2) is 5.17. The van der Waals surface area contributed by atoms with Gasteiger partial charge < -0.3 is 4.90 Å². The maximum absolute atomic E-state index is 4.39. The number of nitrogens with zero attached hydrogens (tertiary/aromatic N) is 3. The van der Waals surface area contributed by atoms with Gasteiger partial charge in [-0.05, 0) is 29.8 Å². The molecule has 3 rings (SSSR count). The van der Waals surface area contributed by atoms with Gasteiger partial charge in [0.15, 0.2) is 5.82 Å². The molecule has 0 saturated heterocycles. The second-order valence-corrected chi connectivity index (χ2v) is 5.72. The van der Waals surface area contributed by atoms with E-state index in [2.05, 4.69) is 66.1 Å². The Balaban J connectivity index is 1.93. The molecule has 0 radical (unpaired) electrons. The van der Waals surface area contributed by atoms with E-state index < -0.39 is 0 Å². The molecular formula is C18H19N3. The molecule has 1 aromatic heterocycles. The topological polar surface area (TPSA) is 28.5 Å². The maximum Gasteiger partial charge on any atom is 0.151 e. The monoisotopic (exact) mass is 277 g/mol. The minimum absolute atomic E-state index is 0.0124. The van der Waals surface area contributed by atoms with Crippen molar-refractivity contribution in [3.05, 3.63) is 66.0 Å². The molecule has 0 spiro atoms. The molecule has 0 saturated carbocycles. The highest BCUT2D eigenvalue weighted by Crippen LogP contribution is 2.46. The van der Waals surface area contributed by atoms with Gasteiger partial charge >= 0.3 is 0 Å². The van der Waals surface area contributed by atoms with E-state index in [4.69, 9.17) is 0 Å². The molecule has 1 aliphatic heterocycles. The molecule has 0 atom stereocenters. The number of hydrogen-bond donors (Lipinski definition) is 0. The van der Waals surface area contributed by atoms with Crippen molar-refractivity contribution in [1.29, 1.82) is 0 Å². The Morgan fingerprint density at radius 3 is 2.57 bits per heavy atom. The van der Waals surface area contributed by atoms with Crippen molar-refractivity contribution in [3.63, 3.8) is 0 Å². The molecule has 0 fully saturated rings. The predicted molar refractivity (Wildman–Crippen MR) is 88.3 cm³/mol. The summed E-state index contributed by atoms with van der Waals surface area (Å²) >= 11 is 0. The number of hydrogen-bond acceptors (Lipinski definition) is 3. The lowest BCUT2D eigenvalue weighted by atomic mass is 9.84. The summed E-state index contributed by atoms with van der Waals surface area (Å²) in [6, 6.07) is 14.3. The van der Waals surface area contributed by atoms with Crippen LogP contribution in [0.25, 0.3) is 0 Å². The number of para-hydroxylation sites is 1. The lowest BCUT2D eigenvalue weighted by Crippen LogP contribution is -2.23. The number of fused-ring (bicyclic) bond motifs is 1. The first-order chi connectivity index (χ1) is 10.1. The fourth-order valence-electron chi connectivity index (χ4n) is 2.92. The van der Waals surface area contributed by atoms with Crippen LogP contribution >= 0.6 is 0 Å². The fraction of sp³-hybridized carbons (Fsp3) is 0.222. The molecule has 0 bridgehead atoms. The van der Waals surface area contributed by atoms with Gasteiger partial charge in [-0.25, -0.2) is 9.98 Å². The predicted octanol–water partition coefficient (Wildman–Crippen LogP) is 4.10. The van der Waals surface area contributed by atoms with Crippen LogP contribution in [0.5, 0.6) is 0 Å². The molecule has 0 unspecified atom stereocenters. The van der Waals surface area contributed by atoms with Crippen molar-refractivity contribution in [2.75, 3.05) is 11.9 Å². The zero-order chi connectivity index (χ0) is 14.9. The highest BCUT2D eigenvalue weighted by Gasteiger charge is 2.37. The summed E-state index contributed by atoms with van der Waals surface area (Å²) in [5.41, 5.74) is 3.84. The quantitative estimate of drug-likeness (QED) is 0.773. The standard InChI is InChI=1S/C18H19N3/c1-18(2)14-8-4-5-9-15(14)21(3)16(18)11-13-20-17-10-6-7-12-19-17/h4-13H,1-3H3/b16-11+,20-13+. The van der Waals surface area contributed by atoms with Crippen molar-refractivity contribution >= 4 is 17.7 Å². The summed E-state index contributed by atoms with van der Waals surface area (Å²) in [5.74, 6) is 0.727. The Morgan fingerprint density at radius 1 is 1.10 bits per heavy atom. The van der Waals surface area contributed by atoms with Gasteiger partial charge in [-0.1, -0.05) is 38.1 Å². The normalized spacial score (nSPS) is 18.4. The lowest BCUT2D eigenvalue weighted by Gasteiger charge is -2.23. The summed E-state index contributed by atoms with van der Waals surface area (Å²) in [7, 11) is 2.11. The Hall–Kier alpha value is -2.42. The van der Waals surface area contributed by atoms with E-state index in [0.717, 1.165) is 5.82 Å². The van der Waals surface area contributed by atoms with Gasteiger partial charge in [0.25, 0.3) is 0 Å². The third-order valence-electron chi connectivity index (χ3n) is 4.03. The Labute approximate surface area is 125 Å². The Bertz CT molecular complexity index is 699. The van der Waals surface area contributed by atoms with Crippen molar-refractivity contribution in [3.8, 4) is 0 Å². The number of allylic oxidation sites excluding steroid dienone is 2. The number of anilines is 1. The summed E-state index contributed by atoms with van der Waals surface area (Å²) in [6.07, 6.45) is 5.66. The van der Waals surface area contributed by atoms with Crippen LogP contribution in [0.4, 0.5) is 11.5 Å². The van der Waals surface area contributed by atoms with Gasteiger partial charge in [-0.15, -0.1) is 0 Å². The van der Waals surface area contributed by atoms with Gasteiger partial charge in [0.2, 0.25) is 0 Å². The first kappa shape index (κ1) is 13.6. The minimum atomic E-state index is -0.0124. The van der Waals surface area contributed by atoms with Crippen LogP contribution in [0.15, 0.2) is 65.4 Å². The van der Waals surface area contributed by atoms with Crippen LogP contribution in [0.3, 0.4) is 0 Å². The molecular weight excluding hydrogens is 258 g/mol. The first-order valence-electron chi connectivity index (χ1n) is 7.10. The summed E-state index contributed by atoms with van der Waals surface area (Å²) < 4.78 is 0. The van der Waals surface area contributed by atoms with Gasteiger partial charge in [0.05, 0.1) is 0 Å². The van der Waals surface area contributed by atoms with Crippen LogP contribution in [0, 0.1) is 0 Å². The fourth-order valence-corrected chi connectivity index (χ4v) is 2.92. The number of aliphatic imine (C=N–C) groups is 1. The third-order valence-corrected chi connectivity index (χ3v) is 4.03. The molecule has 1 aliphatic rings. The van der Waals surface area contributed by atoms with Gasteiger partial charge in [0.1, 0.15) is 0 Å². The first-order valence-corrected chi connectivity index (χ1v) is 7.10. The highest BCUT2D eigenvalue weighted by molar-refractivity contribution is 5.80. The van der Waals surface area contributed by atoms with Crippen LogP contribution in [0.2, 0.25) is 0 Å². The number of pyridine rings is 1. The number of aromatic nitrogens is 1. The molecule has 0 N–H and O–H groups in total. The van der Waals surface area contributed by atoms with Crippen molar-refractivity contribution in [2.24, 2.45) is 4.99 Å². The molecule has 0 amide bonds. The average molecular weight is 277 g/mol. The summed E-state index contributed by atoms with van der Waals surface area (Å²) in [6.45, 7) is 4.49. The van der Waals surface area contributed by atoms with E-state index in [0.29, 0.717) is 0 Å². The maximum atomic E-state index is 4.39. The van der Waals surface area contributed by atoms with E-state index in [9.17, 15) is 0 Å². The largest absolute Gasteiger partial charge is 0.347 e. The molecule has 21 heavy (non-hydrogen) atoms. The summed E-state index contributed by atoms with van der Waals surface area (Å²) in [5, 5.41) is 0. The molecule has 2 heterocycles. The van der Waals surface area contributed by atoms with Crippen LogP contribution in [0.1, 0.15) is 19.4 Å². The van der Waals surface area contributed by atoms with Crippen molar-refractivity contribution in [2.45, 2.75) is 19.3 Å². The molecule has 2 aromatic rings. The minimum Gasteiger partial charge on any atom is -0.347 e. The van der Waals surface area contributed by atoms with Gasteiger partial charge in [0, 0.05) is 36.3 Å². The molecule has 1 aromatic carbocycles. The number of benzene rings is 1. The molecule has 3 nitrogen and oxygen atoms in total. The zero-order valence-corrected chi connectivity index (χ0v) is 12.6. The number of rotatable bonds is 2. The van der Waals surface area contributed by atoms with Crippen LogP contribution in [-0.4, -0.2) is 18.2 Å². The van der Waals surface area contributed by atoms with Crippen molar-refractivity contribution < 1.29 is 0 Å². The molecule has 3 heteroatoms. The van der Waals surface area contributed by atoms with Crippen LogP contribution in [-0.2, 0) is 5.41 Å². The SMILES string of the molecule is CN1/C(=C/C=N/c2ccccn2)C(C)(C)c2ccccc21. The van der Waals surface area contributed by atoms with E-state index in [-0.39, 0.29) is 5.41 Å². The van der Waals surface area contributed by atoms with Gasteiger partial charge in [-0.3, -0.25) is 0 Å². The second-order valence-electron chi connectivity index (χ2n) is 5.72. The van der Waals surface area contributed by atoms with Gasteiger partial charge in [-0.2, -0.15) is 0 Å². The smallest absolute Gasteiger partial charge is 0.151 e. The van der Waals surface area contributed by atoms with E-state index in [1.54, 1.807) is 6.20 Å².